The number of fused-ring (bicyclic) bond motifs is 1. The summed E-state index contributed by atoms with van der Waals surface area (Å²) in [5.41, 5.74) is 8.26. The Morgan fingerprint density at radius 3 is 2.90 bits per heavy atom. The average Bonchev–Trinajstić information content (AvgIpc) is 2.79. The summed E-state index contributed by atoms with van der Waals surface area (Å²) in [6.07, 6.45) is 2.28. The van der Waals surface area contributed by atoms with Gasteiger partial charge >= 0.3 is 0 Å². The Balaban J connectivity index is 2.31. The molecule has 4 nitrogen and oxygen atoms in total. The van der Waals surface area contributed by atoms with Crippen molar-refractivity contribution in [2.45, 2.75) is 45.8 Å². The van der Waals surface area contributed by atoms with E-state index in [0.29, 0.717) is 13.2 Å². The molecule has 2 atom stereocenters. The van der Waals surface area contributed by atoms with E-state index in [0.717, 1.165) is 36.4 Å². The van der Waals surface area contributed by atoms with Crippen molar-refractivity contribution in [2.75, 3.05) is 19.7 Å². The summed E-state index contributed by atoms with van der Waals surface area (Å²) in [6, 6.07) is 4.33. The summed E-state index contributed by atoms with van der Waals surface area (Å²) in [7, 11) is 0. The van der Waals surface area contributed by atoms with Gasteiger partial charge in [-0.3, -0.25) is 0 Å². The monoisotopic (exact) mass is 278 g/mol. The Labute approximate surface area is 121 Å². The molecule has 1 aliphatic rings. The van der Waals surface area contributed by atoms with E-state index in [4.69, 9.17) is 15.2 Å². The van der Waals surface area contributed by atoms with Crippen molar-refractivity contribution >= 4 is 0 Å². The lowest BCUT2D eigenvalue weighted by molar-refractivity contribution is 0.254. The second-order valence-electron chi connectivity index (χ2n) is 5.31. The van der Waals surface area contributed by atoms with E-state index < -0.39 is 0 Å². The summed E-state index contributed by atoms with van der Waals surface area (Å²) in [6.45, 7) is 8.41. The van der Waals surface area contributed by atoms with Crippen LogP contribution in [0.3, 0.4) is 0 Å². The zero-order valence-electron chi connectivity index (χ0n) is 12.7. The van der Waals surface area contributed by atoms with Crippen LogP contribution in [0.25, 0.3) is 0 Å². The van der Waals surface area contributed by atoms with Crippen LogP contribution >= 0.6 is 0 Å². The van der Waals surface area contributed by atoms with Crippen molar-refractivity contribution in [3.8, 4) is 11.5 Å². The fourth-order valence-corrected chi connectivity index (χ4v) is 2.65. The van der Waals surface area contributed by atoms with Crippen LogP contribution in [0, 0.1) is 0 Å². The zero-order chi connectivity index (χ0) is 14.5. The van der Waals surface area contributed by atoms with E-state index in [-0.39, 0.29) is 12.1 Å². The Bertz CT molecular complexity index is 448. The van der Waals surface area contributed by atoms with Gasteiger partial charge in [-0.1, -0.05) is 6.92 Å². The lowest BCUT2D eigenvalue weighted by Gasteiger charge is -2.21. The molecule has 0 aliphatic carbocycles. The quantitative estimate of drug-likeness (QED) is 0.804. The second kappa shape index (κ2) is 6.95. The van der Waals surface area contributed by atoms with Crippen LogP contribution in [-0.2, 0) is 6.42 Å². The molecule has 0 aromatic heterocycles. The predicted molar refractivity (Wildman–Crippen MR) is 81.5 cm³/mol. The lowest BCUT2D eigenvalue weighted by atomic mass is 10.0. The van der Waals surface area contributed by atoms with Gasteiger partial charge < -0.3 is 20.5 Å². The number of nitrogens with one attached hydrogen (secondary N) is 1. The Morgan fingerprint density at radius 2 is 2.25 bits per heavy atom. The van der Waals surface area contributed by atoms with Gasteiger partial charge in [0.15, 0.2) is 0 Å². The van der Waals surface area contributed by atoms with Crippen LogP contribution in [0.15, 0.2) is 12.1 Å². The highest BCUT2D eigenvalue weighted by molar-refractivity contribution is 5.50. The molecule has 0 saturated carbocycles. The molecule has 0 amide bonds. The van der Waals surface area contributed by atoms with Gasteiger partial charge in [-0.2, -0.15) is 0 Å². The van der Waals surface area contributed by atoms with Crippen molar-refractivity contribution in [2.24, 2.45) is 5.73 Å². The molecule has 1 heterocycles. The molecule has 0 radical (unpaired) electrons. The van der Waals surface area contributed by atoms with Crippen LogP contribution in [0.2, 0.25) is 0 Å². The molecule has 2 rings (SSSR count). The highest BCUT2D eigenvalue weighted by atomic mass is 16.5. The molecule has 112 valence electrons. The Hall–Kier alpha value is -1.26. The summed E-state index contributed by atoms with van der Waals surface area (Å²) >= 11 is 0. The second-order valence-corrected chi connectivity index (χ2v) is 5.31. The maximum Gasteiger partial charge on any atom is 0.124 e. The summed E-state index contributed by atoms with van der Waals surface area (Å²) in [4.78, 5) is 0. The van der Waals surface area contributed by atoms with Crippen LogP contribution in [0.1, 0.15) is 44.4 Å². The number of nitrogens with two attached hydrogens (primary N) is 1. The van der Waals surface area contributed by atoms with Crippen molar-refractivity contribution in [1.29, 1.82) is 0 Å². The zero-order valence-corrected chi connectivity index (χ0v) is 12.7. The minimum atomic E-state index is 0.112. The normalized spacial score (nSPS) is 18.5. The molecule has 0 saturated heterocycles. The first kappa shape index (κ1) is 15.1. The number of rotatable bonds is 7. The molecule has 0 fully saturated rings. The smallest absolute Gasteiger partial charge is 0.124 e. The van der Waals surface area contributed by atoms with Gasteiger partial charge in [-0.25, -0.2) is 0 Å². The van der Waals surface area contributed by atoms with Gasteiger partial charge in [-0.15, -0.1) is 0 Å². The van der Waals surface area contributed by atoms with Crippen LogP contribution in [-0.4, -0.2) is 25.8 Å². The Morgan fingerprint density at radius 1 is 1.45 bits per heavy atom. The summed E-state index contributed by atoms with van der Waals surface area (Å²) < 4.78 is 11.7. The minimum absolute atomic E-state index is 0.112. The molecule has 20 heavy (non-hydrogen) atoms. The standard InChI is InChI=1S/C16H26N2O2/c1-4-6-18-14(10-17)13-9-15-12(7-11(3)20-15)8-16(13)19-5-2/h8-9,11,14,18H,4-7,10,17H2,1-3H3. The fraction of sp³-hybridized carbons (Fsp3) is 0.625. The van der Waals surface area contributed by atoms with Crippen LogP contribution in [0.5, 0.6) is 11.5 Å². The molecule has 3 N–H and O–H groups in total. The Kier molecular flexibility index (Phi) is 5.26. The average molecular weight is 278 g/mol. The summed E-state index contributed by atoms with van der Waals surface area (Å²) in [5, 5.41) is 3.48. The maximum atomic E-state index is 5.92. The van der Waals surface area contributed by atoms with E-state index in [1.807, 2.05) is 6.92 Å². The number of hydrogen-bond donors (Lipinski definition) is 2. The van der Waals surface area contributed by atoms with Gasteiger partial charge in [0.2, 0.25) is 0 Å². The van der Waals surface area contributed by atoms with E-state index >= 15 is 0 Å². The van der Waals surface area contributed by atoms with Crippen molar-refractivity contribution in [3.63, 3.8) is 0 Å². The third-order valence-electron chi connectivity index (χ3n) is 3.58. The van der Waals surface area contributed by atoms with E-state index in [1.54, 1.807) is 0 Å². The molecule has 4 heteroatoms. The van der Waals surface area contributed by atoms with Gasteiger partial charge in [0.25, 0.3) is 0 Å². The minimum Gasteiger partial charge on any atom is -0.494 e. The van der Waals surface area contributed by atoms with Crippen molar-refractivity contribution in [1.82, 2.24) is 5.32 Å². The highest BCUT2D eigenvalue weighted by Gasteiger charge is 2.24. The van der Waals surface area contributed by atoms with E-state index in [9.17, 15) is 0 Å². The number of ether oxygens (including phenoxy) is 2. The van der Waals surface area contributed by atoms with E-state index in [2.05, 4.69) is 31.3 Å². The first-order valence-corrected chi connectivity index (χ1v) is 7.59. The topological polar surface area (TPSA) is 56.5 Å². The predicted octanol–water partition coefficient (Wildman–Crippen LogP) is 2.41. The third-order valence-corrected chi connectivity index (χ3v) is 3.58. The van der Waals surface area contributed by atoms with E-state index in [1.165, 1.54) is 5.56 Å². The first-order chi connectivity index (χ1) is 9.69. The van der Waals surface area contributed by atoms with Crippen molar-refractivity contribution < 1.29 is 9.47 Å². The van der Waals surface area contributed by atoms with Crippen LogP contribution in [0.4, 0.5) is 0 Å². The van der Waals surface area contributed by atoms with Gasteiger partial charge in [0.05, 0.1) is 6.61 Å². The summed E-state index contributed by atoms with van der Waals surface area (Å²) in [5.74, 6) is 1.91. The molecular weight excluding hydrogens is 252 g/mol. The van der Waals surface area contributed by atoms with Crippen molar-refractivity contribution in [3.05, 3.63) is 23.3 Å². The molecular formula is C16H26N2O2. The first-order valence-electron chi connectivity index (χ1n) is 7.59. The molecule has 1 aromatic rings. The molecule has 0 spiro atoms. The highest BCUT2D eigenvalue weighted by Crippen LogP contribution is 2.37. The lowest BCUT2D eigenvalue weighted by Crippen LogP contribution is -2.29. The molecule has 1 aliphatic heterocycles. The fourth-order valence-electron chi connectivity index (χ4n) is 2.65. The largest absolute Gasteiger partial charge is 0.494 e. The van der Waals surface area contributed by atoms with Gasteiger partial charge in [0.1, 0.15) is 17.6 Å². The molecule has 2 unspecified atom stereocenters. The SMILES string of the molecule is CCCNC(CN)c1cc2c(cc1OCC)CC(C)O2. The third kappa shape index (κ3) is 3.25. The van der Waals surface area contributed by atoms with Gasteiger partial charge in [-0.05, 0) is 38.9 Å². The number of benzene rings is 1. The molecule has 1 aromatic carbocycles. The van der Waals surface area contributed by atoms with Gasteiger partial charge in [0, 0.05) is 30.1 Å². The van der Waals surface area contributed by atoms with Crippen LogP contribution < -0.4 is 20.5 Å². The molecule has 0 bridgehead atoms. The number of hydrogen-bond acceptors (Lipinski definition) is 4. The maximum absolute atomic E-state index is 5.92.